The lowest BCUT2D eigenvalue weighted by atomic mass is 9.96. The number of aromatic nitrogens is 2. The number of furan rings is 1. The quantitative estimate of drug-likeness (QED) is 0.528. The SMILES string of the molecule is NC(=O)c1ccnc(NC(=O)C2CC2)c1-c1cnccc1-c1cc2ccccc2o1. The first-order valence-corrected chi connectivity index (χ1v) is 9.65. The minimum atomic E-state index is -0.617. The molecule has 1 saturated carbocycles. The number of fused-ring (bicyclic) bond motifs is 1. The molecule has 1 aliphatic carbocycles. The van der Waals surface area contributed by atoms with Crippen molar-refractivity contribution < 1.29 is 14.0 Å². The van der Waals surface area contributed by atoms with Crippen molar-refractivity contribution in [3.05, 3.63) is 66.6 Å². The maximum absolute atomic E-state index is 12.4. The third-order valence-corrected chi connectivity index (χ3v) is 5.19. The van der Waals surface area contributed by atoms with Gasteiger partial charge in [-0.15, -0.1) is 0 Å². The molecule has 3 aromatic heterocycles. The number of para-hydroxylation sites is 1. The van der Waals surface area contributed by atoms with Crippen LogP contribution >= 0.6 is 0 Å². The fourth-order valence-corrected chi connectivity index (χ4v) is 3.52. The summed E-state index contributed by atoms with van der Waals surface area (Å²) in [7, 11) is 0. The molecule has 2 amide bonds. The van der Waals surface area contributed by atoms with Gasteiger partial charge in [-0.1, -0.05) is 18.2 Å². The van der Waals surface area contributed by atoms with Gasteiger partial charge in [-0.25, -0.2) is 4.98 Å². The van der Waals surface area contributed by atoms with Gasteiger partial charge in [0.2, 0.25) is 11.8 Å². The number of carbonyl (C=O) groups is 2. The van der Waals surface area contributed by atoms with Crippen LogP contribution in [-0.4, -0.2) is 21.8 Å². The maximum Gasteiger partial charge on any atom is 0.249 e. The van der Waals surface area contributed by atoms with Crippen LogP contribution in [0.1, 0.15) is 23.2 Å². The summed E-state index contributed by atoms with van der Waals surface area (Å²) in [5.74, 6) is 0.162. The molecule has 0 aliphatic heterocycles. The number of pyridine rings is 2. The highest BCUT2D eigenvalue weighted by Gasteiger charge is 2.31. The Morgan fingerprint density at radius 2 is 1.90 bits per heavy atom. The van der Waals surface area contributed by atoms with Crippen LogP contribution in [0.4, 0.5) is 5.82 Å². The number of nitrogens with two attached hydrogens (primary N) is 1. The first kappa shape index (κ1) is 18.1. The zero-order valence-corrected chi connectivity index (χ0v) is 16.0. The summed E-state index contributed by atoms with van der Waals surface area (Å²) < 4.78 is 6.03. The first-order chi connectivity index (χ1) is 14.6. The molecule has 3 heterocycles. The predicted octanol–water partition coefficient (Wildman–Crippen LogP) is 4.00. The molecular weight excluding hydrogens is 380 g/mol. The van der Waals surface area contributed by atoms with Crippen molar-refractivity contribution >= 4 is 28.6 Å². The molecule has 5 rings (SSSR count). The highest BCUT2D eigenvalue weighted by atomic mass is 16.3. The van der Waals surface area contributed by atoms with E-state index < -0.39 is 5.91 Å². The Bertz CT molecular complexity index is 1260. The third kappa shape index (κ3) is 3.20. The second-order valence-corrected chi connectivity index (χ2v) is 7.28. The van der Waals surface area contributed by atoms with Crippen LogP contribution in [0, 0.1) is 5.92 Å². The summed E-state index contributed by atoms with van der Waals surface area (Å²) in [6.45, 7) is 0. The zero-order chi connectivity index (χ0) is 20.7. The largest absolute Gasteiger partial charge is 0.456 e. The fraction of sp³-hybridized carbons (Fsp3) is 0.130. The molecule has 0 atom stereocenters. The van der Waals surface area contributed by atoms with Gasteiger partial charge in [-0.2, -0.15) is 0 Å². The third-order valence-electron chi connectivity index (χ3n) is 5.19. The van der Waals surface area contributed by atoms with Gasteiger partial charge in [0.1, 0.15) is 17.2 Å². The number of hydrogen-bond donors (Lipinski definition) is 2. The topological polar surface area (TPSA) is 111 Å². The Morgan fingerprint density at radius 1 is 1.07 bits per heavy atom. The van der Waals surface area contributed by atoms with Crippen molar-refractivity contribution in [2.75, 3.05) is 5.32 Å². The second kappa shape index (κ2) is 7.11. The number of primary amides is 1. The Morgan fingerprint density at radius 3 is 2.67 bits per heavy atom. The van der Waals surface area contributed by atoms with Crippen LogP contribution in [0.25, 0.3) is 33.4 Å². The minimum Gasteiger partial charge on any atom is -0.456 e. The molecule has 148 valence electrons. The summed E-state index contributed by atoms with van der Waals surface area (Å²) in [4.78, 5) is 33.2. The summed E-state index contributed by atoms with van der Waals surface area (Å²) in [6.07, 6.45) is 6.44. The average Bonchev–Trinajstić information content (AvgIpc) is 3.52. The van der Waals surface area contributed by atoms with Crippen LogP contribution in [0.15, 0.2) is 65.5 Å². The molecule has 1 aliphatic rings. The van der Waals surface area contributed by atoms with Crippen molar-refractivity contribution in [2.45, 2.75) is 12.8 Å². The van der Waals surface area contributed by atoms with Crippen molar-refractivity contribution in [2.24, 2.45) is 11.7 Å². The number of amides is 2. The van der Waals surface area contributed by atoms with E-state index in [4.69, 9.17) is 10.2 Å². The normalized spacial score (nSPS) is 13.3. The van der Waals surface area contributed by atoms with E-state index in [1.54, 1.807) is 24.5 Å². The van der Waals surface area contributed by atoms with E-state index in [0.29, 0.717) is 16.9 Å². The van der Waals surface area contributed by atoms with E-state index >= 15 is 0 Å². The van der Waals surface area contributed by atoms with E-state index in [-0.39, 0.29) is 23.2 Å². The number of carbonyl (C=O) groups excluding carboxylic acids is 2. The fourth-order valence-electron chi connectivity index (χ4n) is 3.52. The average molecular weight is 398 g/mol. The summed E-state index contributed by atoms with van der Waals surface area (Å²) in [5, 5.41) is 3.81. The smallest absolute Gasteiger partial charge is 0.249 e. The number of nitrogens with one attached hydrogen (secondary N) is 1. The van der Waals surface area contributed by atoms with Gasteiger partial charge in [-0.05, 0) is 37.1 Å². The standard InChI is InChI=1S/C23H18N4O3/c24-21(28)16-8-10-26-22(27-23(29)13-5-6-13)20(16)17-12-25-9-7-15(17)19-11-14-3-1-2-4-18(14)30-19/h1-4,7-13H,5-6H2,(H2,24,28)(H,26,27,29). The molecule has 30 heavy (non-hydrogen) atoms. The van der Waals surface area contributed by atoms with Crippen molar-refractivity contribution in [1.82, 2.24) is 9.97 Å². The molecule has 0 saturated heterocycles. The summed E-state index contributed by atoms with van der Waals surface area (Å²) >= 11 is 0. The molecule has 1 aromatic carbocycles. The molecule has 0 bridgehead atoms. The van der Waals surface area contributed by atoms with Crippen LogP contribution in [0.5, 0.6) is 0 Å². The molecule has 0 spiro atoms. The molecule has 3 N–H and O–H groups in total. The maximum atomic E-state index is 12.4. The number of hydrogen-bond acceptors (Lipinski definition) is 5. The van der Waals surface area contributed by atoms with Crippen LogP contribution in [-0.2, 0) is 4.79 Å². The Hall–Kier alpha value is -4.00. The molecule has 0 radical (unpaired) electrons. The summed E-state index contributed by atoms with van der Waals surface area (Å²) in [5.41, 5.74) is 8.41. The van der Waals surface area contributed by atoms with Gasteiger partial charge >= 0.3 is 0 Å². The lowest BCUT2D eigenvalue weighted by molar-refractivity contribution is -0.117. The van der Waals surface area contributed by atoms with Crippen molar-refractivity contribution in [3.8, 4) is 22.5 Å². The van der Waals surface area contributed by atoms with Gasteiger partial charge in [0.05, 0.1) is 5.56 Å². The molecule has 4 aromatic rings. The van der Waals surface area contributed by atoms with E-state index in [1.807, 2.05) is 30.3 Å². The molecule has 7 nitrogen and oxygen atoms in total. The Labute approximate surface area is 171 Å². The monoisotopic (exact) mass is 398 g/mol. The van der Waals surface area contributed by atoms with Gasteiger partial charge < -0.3 is 15.5 Å². The van der Waals surface area contributed by atoms with Gasteiger partial charge in [-0.3, -0.25) is 14.6 Å². The lowest BCUT2D eigenvalue weighted by Crippen LogP contribution is -2.18. The number of nitrogens with zero attached hydrogens (tertiary/aromatic N) is 2. The van der Waals surface area contributed by atoms with Crippen molar-refractivity contribution in [1.29, 1.82) is 0 Å². The number of rotatable bonds is 5. The van der Waals surface area contributed by atoms with Gasteiger partial charge in [0, 0.05) is 46.6 Å². The zero-order valence-electron chi connectivity index (χ0n) is 16.0. The van der Waals surface area contributed by atoms with Gasteiger partial charge in [0.15, 0.2) is 0 Å². The van der Waals surface area contributed by atoms with Crippen LogP contribution < -0.4 is 11.1 Å². The molecule has 0 unspecified atom stereocenters. The van der Waals surface area contributed by atoms with Crippen LogP contribution in [0.2, 0.25) is 0 Å². The number of benzene rings is 1. The predicted molar refractivity (Wildman–Crippen MR) is 113 cm³/mol. The van der Waals surface area contributed by atoms with E-state index in [2.05, 4.69) is 15.3 Å². The molecule has 1 fully saturated rings. The van der Waals surface area contributed by atoms with Crippen LogP contribution in [0.3, 0.4) is 0 Å². The Balaban J connectivity index is 1.70. The molecular formula is C23H18N4O3. The highest BCUT2D eigenvalue weighted by Crippen LogP contribution is 2.39. The lowest BCUT2D eigenvalue weighted by Gasteiger charge is -2.15. The molecule has 7 heteroatoms. The van der Waals surface area contributed by atoms with Gasteiger partial charge in [0.25, 0.3) is 0 Å². The highest BCUT2D eigenvalue weighted by molar-refractivity contribution is 6.07. The van der Waals surface area contributed by atoms with E-state index in [9.17, 15) is 9.59 Å². The number of anilines is 1. The van der Waals surface area contributed by atoms with Crippen molar-refractivity contribution in [3.63, 3.8) is 0 Å². The minimum absolute atomic E-state index is 0.0133. The van der Waals surface area contributed by atoms with E-state index in [0.717, 1.165) is 29.4 Å². The second-order valence-electron chi connectivity index (χ2n) is 7.28. The first-order valence-electron chi connectivity index (χ1n) is 9.65. The Kier molecular flexibility index (Phi) is 4.28. The van der Waals surface area contributed by atoms with E-state index in [1.165, 1.54) is 6.20 Å². The summed E-state index contributed by atoms with van der Waals surface area (Å²) in [6, 6.07) is 13.0.